The first-order valence-electron chi connectivity index (χ1n) is 8.69. The molecule has 1 saturated heterocycles. The summed E-state index contributed by atoms with van der Waals surface area (Å²) in [6, 6.07) is 10.0. The van der Waals surface area contributed by atoms with Gasteiger partial charge in [-0.15, -0.1) is 0 Å². The van der Waals surface area contributed by atoms with Gasteiger partial charge in [-0.1, -0.05) is 18.2 Å². The highest BCUT2D eigenvalue weighted by Crippen LogP contribution is 2.24. The summed E-state index contributed by atoms with van der Waals surface area (Å²) < 4.78 is 5.86. The molecule has 2 heterocycles. The number of piperazine rings is 1. The molecule has 24 heavy (non-hydrogen) atoms. The van der Waals surface area contributed by atoms with Crippen molar-refractivity contribution in [2.24, 2.45) is 0 Å². The van der Waals surface area contributed by atoms with Gasteiger partial charge < -0.3 is 14.6 Å². The molecule has 1 fully saturated rings. The Hall–Kier alpha value is -1.85. The lowest BCUT2D eigenvalue weighted by molar-refractivity contribution is -0.128. The Morgan fingerprint density at radius 3 is 2.75 bits per heavy atom. The minimum Gasteiger partial charge on any atom is -0.459 e. The maximum atomic E-state index is 12.7. The quantitative estimate of drug-likeness (QED) is 0.937. The summed E-state index contributed by atoms with van der Waals surface area (Å²) in [5.74, 6) is 0.850. The average Bonchev–Trinajstić information content (AvgIpc) is 2.98. The number of rotatable bonds is 4. The first kappa shape index (κ1) is 17.0. The number of carbonyl (C=O) groups excluding carboxylic acids is 1. The average molecular weight is 329 g/mol. The van der Waals surface area contributed by atoms with Crippen molar-refractivity contribution in [3.63, 3.8) is 0 Å². The lowest BCUT2D eigenvalue weighted by atomic mass is 10.1. The van der Waals surface area contributed by atoms with Crippen molar-refractivity contribution in [1.29, 1.82) is 0 Å². The molecule has 3 rings (SSSR count). The Morgan fingerprint density at radius 2 is 2.04 bits per heavy atom. The van der Waals surface area contributed by atoms with Gasteiger partial charge >= 0.3 is 0 Å². The van der Waals surface area contributed by atoms with Crippen molar-refractivity contribution >= 4 is 16.9 Å². The molecular weight excluding hydrogens is 302 g/mol. The van der Waals surface area contributed by atoms with Gasteiger partial charge in [-0.25, -0.2) is 0 Å². The van der Waals surface area contributed by atoms with Crippen LogP contribution in [0.15, 0.2) is 34.7 Å². The molecule has 0 spiro atoms. The minimum absolute atomic E-state index is 0.0550. The molecular formula is C19H27N3O2. The van der Waals surface area contributed by atoms with Crippen molar-refractivity contribution < 1.29 is 9.21 Å². The maximum Gasteiger partial charge on any atom is 0.237 e. The van der Waals surface area contributed by atoms with Gasteiger partial charge in [0.1, 0.15) is 11.3 Å². The van der Waals surface area contributed by atoms with E-state index in [1.165, 1.54) is 0 Å². The highest BCUT2D eigenvalue weighted by atomic mass is 16.3. The van der Waals surface area contributed by atoms with Gasteiger partial charge in [-0.05, 0) is 40.0 Å². The number of fused-ring (bicyclic) bond motifs is 1. The van der Waals surface area contributed by atoms with E-state index in [0.29, 0.717) is 6.04 Å². The number of benzene rings is 1. The third kappa shape index (κ3) is 3.47. The van der Waals surface area contributed by atoms with Crippen molar-refractivity contribution in [1.82, 2.24) is 15.1 Å². The standard InChI is InChI=1S/C19H27N3O2/c1-13-12-21(4)9-10-22(13)15(3)19(23)20-14(2)18-11-16-7-5-6-8-17(16)24-18/h5-8,11,13-15H,9-10,12H2,1-4H3,(H,20,23)/t13-,14+,15-/m1/s1. The lowest BCUT2D eigenvalue weighted by Crippen LogP contribution is -2.57. The Bertz CT molecular complexity index is 678. The van der Waals surface area contributed by atoms with Crippen LogP contribution in [0.4, 0.5) is 0 Å². The van der Waals surface area contributed by atoms with E-state index in [1.807, 2.05) is 44.2 Å². The largest absolute Gasteiger partial charge is 0.459 e. The Morgan fingerprint density at radius 1 is 1.29 bits per heavy atom. The summed E-state index contributed by atoms with van der Waals surface area (Å²) in [5.41, 5.74) is 0.856. The van der Waals surface area contributed by atoms with Gasteiger partial charge in [0.25, 0.3) is 0 Å². The molecule has 0 bridgehead atoms. The van der Waals surface area contributed by atoms with Gasteiger partial charge in [0.2, 0.25) is 5.91 Å². The van der Waals surface area contributed by atoms with Crippen molar-refractivity contribution in [2.45, 2.75) is 38.9 Å². The van der Waals surface area contributed by atoms with E-state index in [1.54, 1.807) is 0 Å². The van der Waals surface area contributed by atoms with E-state index in [2.05, 4.69) is 29.1 Å². The molecule has 0 aliphatic carbocycles. The van der Waals surface area contributed by atoms with Crippen LogP contribution in [0.3, 0.4) is 0 Å². The van der Waals surface area contributed by atoms with E-state index in [-0.39, 0.29) is 18.0 Å². The number of hydrogen-bond acceptors (Lipinski definition) is 4. The van der Waals surface area contributed by atoms with E-state index in [4.69, 9.17) is 4.42 Å². The number of hydrogen-bond donors (Lipinski definition) is 1. The molecule has 130 valence electrons. The van der Waals surface area contributed by atoms with E-state index in [9.17, 15) is 4.79 Å². The SMILES string of the molecule is C[C@H](NC(=O)[C@@H](C)N1CCN(C)C[C@H]1C)c1cc2ccccc2o1. The van der Waals surface area contributed by atoms with Crippen molar-refractivity contribution in [3.8, 4) is 0 Å². The number of furan rings is 1. The molecule has 0 unspecified atom stereocenters. The fourth-order valence-electron chi connectivity index (χ4n) is 3.50. The van der Waals surface area contributed by atoms with Gasteiger partial charge in [0.15, 0.2) is 0 Å². The third-order valence-corrected chi connectivity index (χ3v) is 4.99. The van der Waals surface area contributed by atoms with Crippen LogP contribution in [-0.4, -0.2) is 54.5 Å². The van der Waals surface area contributed by atoms with Crippen LogP contribution in [0.5, 0.6) is 0 Å². The maximum absolute atomic E-state index is 12.7. The molecule has 1 aromatic carbocycles. The van der Waals surface area contributed by atoms with Crippen LogP contribution in [0.1, 0.15) is 32.6 Å². The number of carbonyl (C=O) groups is 1. The smallest absolute Gasteiger partial charge is 0.237 e. The van der Waals surface area contributed by atoms with Gasteiger partial charge in [0, 0.05) is 31.1 Å². The minimum atomic E-state index is -0.143. The van der Waals surface area contributed by atoms with Gasteiger partial charge in [0.05, 0.1) is 12.1 Å². The fourth-order valence-corrected chi connectivity index (χ4v) is 3.50. The summed E-state index contributed by atoms with van der Waals surface area (Å²) in [5, 5.41) is 4.16. The van der Waals surface area contributed by atoms with E-state index in [0.717, 1.165) is 36.4 Å². The summed E-state index contributed by atoms with van der Waals surface area (Å²) in [4.78, 5) is 17.2. The zero-order valence-corrected chi connectivity index (χ0v) is 15.0. The third-order valence-electron chi connectivity index (χ3n) is 4.99. The normalized spacial score (nSPS) is 22.4. The van der Waals surface area contributed by atoms with E-state index >= 15 is 0 Å². The van der Waals surface area contributed by atoms with Crippen LogP contribution in [-0.2, 0) is 4.79 Å². The number of nitrogens with one attached hydrogen (secondary N) is 1. The predicted molar refractivity (Wildman–Crippen MR) is 95.9 cm³/mol. The van der Waals surface area contributed by atoms with Crippen LogP contribution in [0.25, 0.3) is 11.0 Å². The summed E-state index contributed by atoms with van der Waals surface area (Å²) in [7, 11) is 2.13. The molecule has 1 amide bonds. The van der Waals surface area contributed by atoms with Crippen molar-refractivity contribution in [3.05, 3.63) is 36.1 Å². The number of amides is 1. The molecule has 0 saturated carbocycles. The zero-order chi connectivity index (χ0) is 17.3. The van der Waals surface area contributed by atoms with Crippen LogP contribution >= 0.6 is 0 Å². The second kappa shape index (κ2) is 6.95. The van der Waals surface area contributed by atoms with Crippen molar-refractivity contribution in [2.75, 3.05) is 26.7 Å². The number of likely N-dealkylation sites (N-methyl/N-ethyl adjacent to an activating group) is 1. The first-order valence-corrected chi connectivity index (χ1v) is 8.69. The summed E-state index contributed by atoms with van der Waals surface area (Å²) in [6.07, 6.45) is 0. The highest BCUT2D eigenvalue weighted by molar-refractivity contribution is 5.82. The highest BCUT2D eigenvalue weighted by Gasteiger charge is 2.30. The topological polar surface area (TPSA) is 48.7 Å². The summed E-state index contributed by atoms with van der Waals surface area (Å²) in [6.45, 7) is 9.06. The predicted octanol–water partition coefficient (Wildman–Crippen LogP) is 2.63. The lowest BCUT2D eigenvalue weighted by Gasteiger charge is -2.41. The monoisotopic (exact) mass is 329 g/mol. The molecule has 1 aliphatic rings. The fraction of sp³-hybridized carbons (Fsp3) is 0.526. The molecule has 0 radical (unpaired) electrons. The van der Waals surface area contributed by atoms with Gasteiger partial charge in [-0.2, -0.15) is 0 Å². The van der Waals surface area contributed by atoms with Crippen LogP contribution in [0, 0.1) is 0 Å². The molecule has 1 aliphatic heterocycles. The molecule has 5 heteroatoms. The number of nitrogens with zero attached hydrogens (tertiary/aromatic N) is 2. The van der Waals surface area contributed by atoms with Crippen LogP contribution in [0.2, 0.25) is 0 Å². The molecule has 3 atom stereocenters. The van der Waals surface area contributed by atoms with Crippen LogP contribution < -0.4 is 5.32 Å². The Kier molecular flexibility index (Phi) is 4.92. The molecule has 2 aromatic rings. The Balaban J connectivity index is 1.65. The number of para-hydroxylation sites is 1. The van der Waals surface area contributed by atoms with Gasteiger partial charge in [-0.3, -0.25) is 9.69 Å². The molecule has 1 N–H and O–H groups in total. The molecule has 1 aromatic heterocycles. The second-order valence-electron chi connectivity index (χ2n) is 6.94. The zero-order valence-electron chi connectivity index (χ0n) is 15.0. The first-order chi connectivity index (χ1) is 11.5. The van der Waals surface area contributed by atoms with E-state index < -0.39 is 0 Å². The second-order valence-corrected chi connectivity index (χ2v) is 6.94. The summed E-state index contributed by atoms with van der Waals surface area (Å²) >= 11 is 0. The Labute approximate surface area is 143 Å². The molecule has 5 nitrogen and oxygen atoms in total.